The molecule has 1 saturated heterocycles. The smallest absolute Gasteiger partial charge is 0.0701 e. The molecule has 120 valence electrons. The molecule has 5 heteroatoms. The molecule has 0 spiro atoms. The van der Waals surface area contributed by atoms with Crippen molar-refractivity contribution in [2.24, 2.45) is 5.92 Å². The monoisotopic (exact) mass is 308 g/mol. The van der Waals surface area contributed by atoms with E-state index in [-0.39, 0.29) is 5.38 Å². The van der Waals surface area contributed by atoms with E-state index in [0.717, 1.165) is 45.7 Å². The molecule has 0 bridgehead atoms. The minimum Gasteiger partial charge on any atom is -0.381 e. The van der Waals surface area contributed by atoms with E-state index in [4.69, 9.17) is 30.5 Å². The molecule has 2 unspecified atom stereocenters. The Kier molecular flexibility index (Phi) is 11.7. The molecule has 0 aromatic rings. The number of unbranched alkanes of at least 4 members (excludes halogenated alkanes) is 1. The number of hydrogen-bond acceptors (Lipinski definition) is 4. The Bertz CT molecular complexity index is 216. The third kappa shape index (κ3) is 9.14. The molecule has 1 rings (SSSR count). The molecule has 2 atom stereocenters. The van der Waals surface area contributed by atoms with Gasteiger partial charge in [-0.05, 0) is 19.3 Å². The summed E-state index contributed by atoms with van der Waals surface area (Å²) in [5.41, 5.74) is 0. The van der Waals surface area contributed by atoms with Crippen molar-refractivity contribution in [2.75, 3.05) is 52.9 Å². The van der Waals surface area contributed by atoms with Gasteiger partial charge in [0.2, 0.25) is 0 Å². The minimum absolute atomic E-state index is 0.240. The second-order valence-electron chi connectivity index (χ2n) is 5.12. The Morgan fingerprint density at radius 2 is 1.65 bits per heavy atom. The first kappa shape index (κ1) is 18.2. The van der Waals surface area contributed by atoms with Gasteiger partial charge in [-0.3, -0.25) is 0 Å². The Labute approximate surface area is 128 Å². The van der Waals surface area contributed by atoms with Crippen molar-refractivity contribution in [1.82, 2.24) is 0 Å². The normalized spacial score (nSPS) is 23.1. The fourth-order valence-electron chi connectivity index (χ4n) is 2.06. The zero-order chi connectivity index (χ0) is 14.5. The number of alkyl halides is 1. The van der Waals surface area contributed by atoms with E-state index in [1.54, 1.807) is 0 Å². The molecule has 0 amide bonds. The molecule has 0 aromatic heterocycles. The molecule has 1 heterocycles. The van der Waals surface area contributed by atoms with E-state index in [2.05, 4.69) is 6.92 Å². The quantitative estimate of drug-likeness (QED) is 0.410. The highest BCUT2D eigenvalue weighted by atomic mass is 35.5. The fraction of sp³-hybridized carbons (Fsp3) is 1.00. The maximum absolute atomic E-state index is 6.24. The van der Waals surface area contributed by atoms with Crippen LogP contribution >= 0.6 is 11.6 Å². The summed E-state index contributed by atoms with van der Waals surface area (Å²) < 4.78 is 21.8. The van der Waals surface area contributed by atoms with Gasteiger partial charge in [0.05, 0.1) is 33.0 Å². The zero-order valence-electron chi connectivity index (χ0n) is 12.7. The van der Waals surface area contributed by atoms with Gasteiger partial charge < -0.3 is 18.9 Å². The van der Waals surface area contributed by atoms with Crippen LogP contribution in [0.2, 0.25) is 0 Å². The Morgan fingerprint density at radius 1 is 1.00 bits per heavy atom. The SMILES string of the molecule is CCCCOCCOCCOCCC1COCCC1Cl. The second-order valence-corrected chi connectivity index (χ2v) is 5.68. The van der Waals surface area contributed by atoms with Gasteiger partial charge in [-0.25, -0.2) is 0 Å². The van der Waals surface area contributed by atoms with Crippen LogP contribution in [0.4, 0.5) is 0 Å². The summed E-state index contributed by atoms with van der Waals surface area (Å²) in [7, 11) is 0. The molecular formula is C15H29ClO4. The van der Waals surface area contributed by atoms with Crippen molar-refractivity contribution in [3.8, 4) is 0 Å². The topological polar surface area (TPSA) is 36.9 Å². The van der Waals surface area contributed by atoms with Crippen LogP contribution in [-0.4, -0.2) is 58.2 Å². The molecule has 0 saturated carbocycles. The van der Waals surface area contributed by atoms with Crippen molar-refractivity contribution in [3.63, 3.8) is 0 Å². The summed E-state index contributed by atoms with van der Waals surface area (Å²) in [6, 6.07) is 0. The number of rotatable bonds is 12. The number of halogens is 1. The first-order chi connectivity index (χ1) is 9.84. The van der Waals surface area contributed by atoms with Gasteiger partial charge in [-0.1, -0.05) is 13.3 Å². The van der Waals surface area contributed by atoms with Crippen molar-refractivity contribution in [1.29, 1.82) is 0 Å². The molecule has 0 radical (unpaired) electrons. The van der Waals surface area contributed by atoms with Gasteiger partial charge >= 0.3 is 0 Å². The lowest BCUT2D eigenvalue weighted by atomic mass is 9.98. The third-order valence-corrected chi connectivity index (χ3v) is 3.98. The van der Waals surface area contributed by atoms with Crippen LogP contribution < -0.4 is 0 Å². The summed E-state index contributed by atoms with van der Waals surface area (Å²) in [5.74, 6) is 0.429. The van der Waals surface area contributed by atoms with Crippen LogP contribution in [0.15, 0.2) is 0 Å². The third-order valence-electron chi connectivity index (χ3n) is 3.40. The molecule has 20 heavy (non-hydrogen) atoms. The van der Waals surface area contributed by atoms with Crippen molar-refractivity contribution >= 4 is 11.6 Å². The standard InChI is InChI=1S/C15H29ClO4/c1-2-3-6-17-9-11-19-12-10-18-7-4-14-13-20-8-5-15(14)16/h14-15H,2-13H2,1H3. The highest BCUT2D eigenvalue weighted by Gasteiger charge is 2.23. The number of ether oxygens (including phenoxy) is 4. The van der Waals surface area contributed by atoms with Crippen molar-refractivity contribution in [2.45, 2.75) is 38.0 Å². The average molecular weight is 309 g/mol. The highest BCUT2D eigenvalue weighted by molar-refractivity contribution is 6.20. The summed E-state index contributed by atoms with van der Waals surface area (Å²) in [4.78, 5) is 0. The van der Waals surface area contributed by atoms with Gasteiger partial charge in [-0.15, -0.1) is 11.6 Å². The van der Waals surface area contributed by atoms with E-state index in [1.807, 2.05) is 0 Å². The van der Waals surface area contributed by atoms with Gasteiger partial charge in [0.25, 0.3) is 0 Å². The molecule has 1 aliphatic rings. The maximum Gasteiger partial charge on any atom is 0.0701 e. The highest BCUT2D eigenvalue weighted by Crippen LogP contribution is 2.23. The molecule has 1 fully saturated rings. The predicted molar refractivity (Wildman–Crippen MR) is 80.5 cm³/mol. The Hall–Kier alpha value is 0.130. The molecule has 0 N–H and O–H groups in total. The minimum atomic E-state index is 0.240. The molecule has 0 aromatic carbocycles. The second kappa shape index (κ2) is 12.8. The maximum atomic E-state index is 6.24. The van der Waals surface area contributed by atoms with Crippen LogP contribution in [0.3, 0.4) is 0 Å². The Morgan fingerprint density at radius 3 is 2.30 bits per heavy atom. The lowest BCUT2D eigenvalue weighted by molar-refractivity contribution is 0.00352. The van der Waals surface area contributed by atoms with Gasteiger partial charge in [0, 0.05) is 31.1 Å². The summed E-state index contributed by atoms with van der Waals surface area (Å²) in [5, 5.41) is 0.240. The van der Waals surface area contributed by atoms with Crippen LogP contribution in [0.1, 0.15) is 32.6 Å². The Balaban J connectivity index is 1.78. The van der Waals surface area contributed by atoms with Crippen LogP contribution in [0.25, 0.3) is 0 Å². The predicted octanol–water partition coefficient (Wildman–Crippen LogP) is 2.87. The summed E-state index contributed by atoms with van der Waals surface area (Å²) >= 11 is 6.24. The van der Waals surface area contributed by atoms with Crippen LogP contribution in [-0.2, 0) is 18.9 Å². The largest absolute Gasteiger partial charge is 0.381 e. The summed E-state index contributed by atoms with van der Waals surface area (Å²) in [6.45, 7) is 7.86. The van der Waals surface area contributed by atoms with E-state index in [1.165, 1.54) is 6.42 Å². The van der Waals surface area contributed by atoms with Crippen LogP contribution in [0, 0.1) is 5.92 Å². The molecule has 0 aliphatic carbocycles. The molecule has 4 nitrogen and oxygen atoms in total. The van der Waals surface area contributed by atoms with Gasteiger partial charge in [-0.2, -0.15) is 0 Å². The first-order valence-corrected chi connectivity index (χ1v) is 8.23. The van der Waals surface area contributed by atoms with Gasteiger partial charge in [0.1, 0.15) is 0 Å². The zero-order valence-corrected chi connectivity index (χ0v) is 13.4. The van der Waals surface area contributed by atoms with Crippen LogP contribution in [0.5, 0.6) is 0 Å². The van der Waals surface area contributed by atoms with Crippen molar-refractivity contribution in [3.05, 3.63) is 0 Å². The van der Waals surface area contributed by atoms with Crippen molar-refractivity contribution < 1.29 is 18.9 Å². The molecule has 1 aliphatic heterocycles. The molecular weight excluding hydrogens is 280 g/mol. The summed E-state index contributed by atoms with van der Waals surface area (Å²) in [6.07, 6.45) is 4.21. The average Bonchev–Trinajstić information content (AvgIpc) is 2.46. The van der Waals surface area contributed by atoms with E-state index in [0.29, 0.717) is 32.3 Å². The first-order valence-electron chi connectivity index (χ1n) is 7.79. The van der Waals surface area contributed by atoms with Gasteiger partial charge in [0.15, 0.2) is 0 Å². The van der Waals surface area contributed by atoms with E-state index in [9.17, 15) is 0 Å². The lowest BCUT2D eigenvalue weighted by Gasteiger charge is -2.26. The fourth-order valence-corrected chi connectivity index (χ4v) is 2.35. The van der Waals surface area contributed by atoms with E-state index >= 15 is 0 Å². The lowest BCUT2D eigenvalue weighted by Crippen LogP contribution is -2.29. The number of hydrogen-bond donors (Lipinski definition) is 0. The van der Waals surface area contributed by atoms with E-state index < -0.39 is 0 Å².